The SMILES string of the molecule is CCCCCC(O)C=C[C@H]1CCC(=O)[C@]1(CCCC(C)CCC(=O)OCC)C(=O)OCC. The van der Waals surface area contributed by atoms with E-state index in [4.69, 9.17) is 9.47 Å². The molecular weight excluding hydrogens is 408 g/mol. The van der Waals surface area contributed by atoms with Crippen LogP contribution in [0, 0.1) is 17.3 Å². The van der Waals surface area contributed by atoms with E-state index in [0.717, 1.165) is 32.1 Å². The molecule has 6 nitrogen and oxygen atoms in total. The van der Waals surface area contributed by atoms with Crippen LogP contribution in [0.2, 0.25) is 0 Å². The number of hydrogen-bond acceptors (Lipinski definition) is 6. The van der Waals surface area contributed by atoms with Gasteiger partial charge in [0.1, 0.15) is 5.41 Å². The minimum absolute atomic E-state index is 0.0507. The fourth-order valence-electron chi connectivity index (χ4n) is 4.61. The first-order valence-corrected chi connectivity index (χ1v) is 12.5. The molecule has 0 aromatic rings. The number of rotatable bonds is 16. The normalized spacial score (nSPS) is 22.8. The molecule has 0 aromatic heterocycles. The van der Waals surface area contributed by atoms with Crippen molar-refractivity contribution in [1.29, 1.82) is 0 Å². The number of unbranched alkanes of at least 4 members (excludes halogenated alkanes) is 2. The lowest BCUT2D eigenvalue weighted by atomic mass is 9.72. The Hall–Kier alpha value is -1.69. The predicted molar refractivity (Wildman–Crippen MR) is 125 cm³/mol. The van der Waals surface area contributed by atoms with Crippen molar-refractivity contribution in [3.63, 3.8) is 0 Å². The van der Waals surface area contributed by atoms with E-state index in [-0.39, 0.29) is 24.3 Å². The fourth-order valence-corrected chi connectivity index (χ4v) is 4.61. The summed E-state index contributed by atoms with van der Waals surface area (Å²) in [5.41, 5.74) is -1.16. The molecule has 1 N–H and O–H groups in total. The van der Waals surface area contributed by atoms with Crippen LogP contribution in [-0.2, 0) is 23.9 Å². The number of allylic oxidation sites excluding steroid dienone is 1. The highest BCUT2D eigenvalue weighted by molar-refractivity contribution is 6.06. The van der Waals surface area contributed by atoms with Gasteiger partial charge in [-0.1, -0.05) is 58.1 Å². The number of Topliss-reactive ketones (excluding diaryl/α,β-unsaturated/α-hetero) is 1. The molecule has 0 saturated heterocycles. The molecule has 0 aliphatic heterocycles. The van der Waals surface area contributed by atoms with E-state index in [1.54, 1.807) is 19.9 Å². The summed E-state index contributed by atoms with van der Waals surface area (Å²) in [6.45, 7) is 8.38. The second-order valence-electron chi connectivity index (χ2n) is 9.05. The van der Waals surface area contributed by atoms with Gasteiger partial charge >= 0.3 is 11.9 Å². The van der Waals surface area contributed by atoms with E-state index in [1.807, 2.05) is 6.08 Å². The van der Waals surface area contributed by atoms with Crippen molar-refractivity contribution >= 4 is 17.7 Å². The van der Waals surface area contributed by atoms with Crippen LogP contribution in [0.25, 0.3) is 0 Å². The van der Waals surface area contributed by atoms with Crippen LogP contribution in [-0.4, -0.2) is 42.1 Å². The Morgan fingerprint density at radius 3 is 2.47 bits per heavy atom. The van der Waals surface area contributed by atoms with Crippen LogP contribution in [0.1, 0.15) is 98.3 Å². The van der Waals surface area contributed by atoms with Crippen LogP contribution >= 0.6 is 0 Å². The van der Waals surface area contributed by atoms with E-state index >= 15 is 0 Å². The molecule has 1 saturated carbocycles. The monoisotopic (exact) mass is 452 g/mol. The number of esters is 2. The van der Waals surface area contributed by atoms with Gasteiger partial charge in [0.15, 0.2) is 5.78 Å². The minimum atomic E-state index is -1.16. The van der Waals surface area contributed by atoms with Gasteiger partial charge in [0, 0.05) is 18.8 Å². The van der Waals surface area contributed by atoms with E-state index < -0.39 is 17.5 Å². The minimum Gasteiger partial charge on any atom is -0.466 e. The molecule has 0 amide bonds. The van der Waals surface area contributed by atoms with Crippen molar-refractivity contribution in [2.24, 2.45) is 17.3 Å². The van der Waals surface area contributed by atoms with Crippen molar-refractivity contribution in [2.75, 3.05) is 13.2 Å². The van der Waals surface area contributed by atoms with Crippen LogP contribution in [0.5, 0.6) is 0 Å². The van der Waals surface area contributed by atoms with Crippen molar-refractivity contribution < 1.29 is 29.0 Å². The highest BCUT2D eigenvalue weighted by Crippen LogP contribution is 2.46. The Labute approximate surface area is 194 Å². The summed E-state index contributed by atoms with van der Waals surface area (Å²) < 4.78 is 10.3. The maximum atomic E-state index is 13.0. The standard InChI is InChI=1S/C26H44O6/c1-5-8-9-12-22(27)16-14-21-15-17-23(28)26(21,25(30)32-7-3)19-10-11-20(4)13-18-24(29)31-6-2/h14,16,20-22,27H,5-13,15,17-19H2,1-4H3/t20?,21-,22?,26+/m0/s1. The highest BCUT2D eigenvalue weighted by Gasteiger charge is 2.55. The smallest absolute Gasteiger partial charge is 0.320 e. The third-order valence-corrected chi connectivity index (χ3v) is 6.54. The Balaban J connectivity index is 2.80. The number of carbonyl (C=O) groups is 3. The molecule has 0 radical (unpaired) electrons. The number of carbonyl (C=O) groups excluding carboxylic acids is 3. The summed E-state index contributed by atoms with van der Waals surface area (Å²) in [5, 5.41) is 10.3. The average Bonchev–Trinajstić information content (AvgIpc) is 3.07. The van der Waals surface area contributed by atoms with Crippen LogP contribution in [0.4, 0.5) is 0 Å². The number of aliphatic hydroxyl groups excluding tert-OH is 1. The molecule has 0 aromatic carbocycles. The third kappa shape index (κ3) is 8.68. The van der Waals surface area contributed by atoms with Crippen LogP contribution in [0.15, 0.2) is 12.2 Å². The molecule has 2 unspecified atom stereocenters. The summed E-state index contributed by atoms with van der Waals surface area (Å²) in [7, 11) is 0. The molecule has 6 heteroatoms. The average molecular weight is 453 g/mol. The quantitative estimate of drug-likeness (QED) is 0.150. The van der Waals surface area contributed by atoms with Crippen molar-refractivity contribution in [3.05, 3.63) is 12.2 Å². The number of ketones is 1. The van der Waals surface area contributed by atoms with Gasteiger partial charge in [0.2, 0.25) is 0 Å². The topological polar surface area (TPSA) is 89.9 Å². The maximum absolute atomic E-state index is 13.0. The number of ether oxygens (including phenoxy) is 2. The molecule has 0 bridgehead atoms. The van der Waals surface area contributed by atoms with Gasteiger partial charge in [-0.2, -0.15) is 0 Å². The second kappa shape index (κ2) is 15.2. The largest absolute Gasteiger partial charge is 0.466 e. The first-order chi connectivity index (χ1) is 15.3. The zero-order chi connectivity index (χ0) is 24.0. The lowest BCUT2D eigenvalue weighted by molar-refractivity contribution is -0.161. The molecular formula is C26H44O6. The molecule has 4 atom stereocenters. The number of aliphatic hydroxyl groups is 1. The molecule has 1 aliphatic rings. The molecule has 0 spiro atoms. The van der Waals surface area contributed by atoms with Crippen molar-refractivity contribution in [2.45, 2.75) is 104 Å². The highest BCUT2D eigenvalue weighted by atomic mass is 16.5. The van der Waals surface area contributed by atoms with Gasteiger partial charge in [-0.05, 0) is 45.4 Å². The Kier molecular flexibility index (Phi) is 13.5. The van der Waals surface area contributed by atoms with Crippen molar-refractivity contribution in [1.82, 2.24) is 0 Å². The fraction of sp³-hybridized carbons (Fsp3) is 0.808. The first-order valence-electron chi connectivity index (χ1n) is 12.5. The molecule has 1 aliphatic carbocycles. The number of hydrogen-bond donors (Lipinski definition) is 1. The summed E-state index contributed by atoms with van der Waals surface area (Å²) in [6.07, 6.45) is 10.9. The zero-order valence-corrected chi connectivity index (χ0v) is 20.6. The lowest BCUT2D eigenvalue weighted by Crippen LogP contribution is -2.42. The second-order valence-corrected chi connectivity index (χ2v) is 9.05. The maximum Gasteiger partial charge on any atom is 0.320 e. The summed E-state index contributed by atoms with van der Waals surface area (Å²) in [5.74, 6) is -0.618. The van der Waals surface area contributed by atoms with Crippen LogP contribution < -0.4 is 0 Å². The van der Waals surface area contributed by atoms with Gasteiger partial charge in [0.25, 0.3) is 0 Å². The van der Waals surface area contributed by atoms with E-state index in [2.05, 4.69) is 13.8 Å². The molecule has 0 heterocycles. The van der Waals surface area contributed by atoms with Crippen molar-refractivity contribution in [3.8, 4) is 0 Å². The van der Waals surface area contributed by atoms with Gasteiger partial charge < -0.3 is 14.6 Å². The Morgan fingerprint density at radius 1 is 1.09 bits per heavy atom. The van der Waals surface area contributed by atoms with Gasteiger partial charge in [0.05, 0.1) is 19.3 Å². The van der Waals surface area contributed by atoms with Gasteiger partial charge in [-0.3, -0.25) is 14.4 Å². The molecule has 32 heavy (non-hydrogen) atoms. The van der Waals surface area contributed by atoms with E-state index in [1.165, 1.54) is 0 Å². The zero-order valence-electron chi connectivity index (χ0n) is 20.6. The first kappa shape index (κ1) is 28.3. The lowest BCUT2D eigenvalue weighted by Gasteiger charge is -2.30. The molecule has 1 rings (SSSR count). The van der Waals surface area contributed by atoms with E-state index in [9.17, 15) is 19.5 Å². The van der Waals surface area contributed by atoms with E-state index in [0.29, 0.717) is 51.0 Å². The third-order valence-electron chi connectivity index (χ3n) is 6.54. The molecule has 184 valence electrons. The van der Waals surface area contributed by atoms with Crippen LogP contribution in [0.3, 0.4) is 0 Å². The van der Waals surface area contributed by atoms with Gasteiger partial charge in [-0.15, -0.1) is 0 Å². The summed E-state index contributed by atoms with van der Waals surface area (Å²) in [6, 6.07) is 0. The predicted octanol–water partition coefficient (Wildman–Crippen LogP) is 5.16. The Morgan fingerprint density at radius 2 is 1.81 bits per heavy atom. The van der Waals surface area contributed by atoms with Gasteiger partial charge in [-0.25, -0.2) is 0 Å². The summed E-state index contributed by atoms with van der Waals surface area (Å²) >= 11 is 0. The summed E-state index contributed by atoms with van der Waals surface area (Å²) in [4.78, 5) is 37.6. The Bertz CT molecular complexity index is 613. The molecule has 1 fully saturated rings.